The van der Waals surface area contributed by atoms with Crippen LogP contribution >= 0.6 is 22.9 Å². The van der Waals surface area contributed by atoms with Crippen LogP contribution in [0.25, 0.3) is 0 Å². The molecule has 0 aromatic carbocycles. The highest BCUT2D eigenvalue weighted by Crippen LogP contribution is 1.84. The van der Waals surface area contributed by atoms with Crippen molar-refractivity contribution < 1.29 is 0 Å². The Kier molecular flexibility index (Phi) is 4.83. The molecular weight excluding hydrogens is 217 g/mol. The fourth-order valence-corrected chi connectivity index (χ4v) is 0.467. The van der Waals surface area contributed by atoms with E-state index in [2.05, 4.69) is 28.3 Å². The van der Waals surface area contributed by atoms with Crippen LogP contribution in [-0.2, 0) is 0 Å². The van der Waals surface area contributed by atoms with Gasteiger partial charge in [0.25, 0.3) is 0 Å². The van der Waals surface area contributed by atoms with Crippen LogP contribution in [0.1, 0.15) is 6.92 Å². The lowest BCUT2D eigenvalue weighted by atomic mass is 10.4. The molecule has 0 amide bonds. The minimum absolute atomic E-state index is 0.229. The maximum Gasteiger partial charge on any atom is 0.0364 e. The van der Waals surface area contributed by atoms with E-state index in [-0.39, 0.29) is 6.04 Å². The lowest BCUT2D eigenvalue weighted by Gasteiger charge is -2.10. The van der Waals surface area contributed by atoms with Crippen molar-refractivity contribution in [1.82, 2.24) is 8.65 Å². The third kappa shape index (κ3) is 6.61. The molecule has 0 saturated carbocycles. The Labute approximate surface area is 64.1 Å². The van der Waals surface area contributed by atoms with Gasteiger partial charge in [0.1, 0.15) is 0 Å². The number of hydrogen-bond acceptors (Lipinski definition) is 3. The molecule has 0 rings (SSSR count). The van der Waals surface area contributed by atoms with E-state index in [9.17, 15) is 0 Å². The van der Waals surface area contributed by atoms with Crippen LogP contribution in [0.5, 0.6) is 0 Å². The lowest BCUT2D eigenvalue weighted by Crippen LogP contribution is -2.36. The molecule has 0 saturated heterocycles. The number of nitrogens with one attached hydrogen (secondary N) is 1. The Morgan fingerprint density at radius 1 is 1.88 bits per heavy atom. The molecule has 3 nitrogen and oxygen atoms in total. The van der Waals surface area contributed by atoms with E-state index in [1.54, 1.807) is 0 Å². The van der Waals surface area contributed by atoms with Gasteiger partial charge in [-0.1, -0.05) is 0 Å². The number of hydrogen-bond donors (Lipinski definition) is 2. The van der Waals surface area contributed by atoms with Crippen LogP contribution in [0.3, 0.4) is 0 Å². The molecule has 1 atom stereocenters. The molecule has 0 aliphatic heterocycles. The zero-order valence-electron chi connectivity index (χ0n) is 5.19. The van der Waals surface area contributed by atoms with Crippen LogP contribution in [0, 0.1) is 0 Å². The second-order valence-corrected chi connectivity index (χ2v) is 3.26. The molecule has 0 fully saturated rings. The fourth-order valence-electron chi connectivity index (χ4n) is 0.270. The van der Waals surface area contributed by atoms with Gasteiger partial charge >= 0.3 is 0 Å². The SMILES string of the molecule is CC(N)CNN(C)I. The maximum absolute atomic E-state index is 5.45. The third-order valence-electron chi connectivity index (χ3n) is 0.631. The van der Waals surface area contributed by atoms with Gasteiger partial charge in [0, 0.05) is 42.5 Å². The van der Waals surface area contributed by atoms with Gasteiger partial charge in [-0.15, -0.1) is 0 Å². The van der Waals surface area contributed by atoms with Crippen molar-refractivity contribution in [3.8, 4) is 0 Å². The molecule has 4 heteroatoms. The summed E-state index contributed by atoms with van der Waals surface area (Å²) in [4.78, 5) is 0. The molecule has 0 heterocycles. The third-order valence-corrected chi connectivity index (χ3v) is 0.972. The summed E-state index contributed by atoms with van der Waals surface area (Å²) in [6.07, 6.45) is 0. The predicted molar refractivity (Wildman–Crippen MR) is 43.4 cm³/mol. The highest BCUT2D eigenvalue weighted by Gasteiger charge is 1.92. The van der Waals surface area contributed by atoms with Crippen molar-refractivity contribution in [1.29, 1.82) is 0 Å². The molecular formula is C4H12IN3. The number of rotatable bonds is 3. The summed E-state index contributed by atoms with van der Waals surface area (Å²) in [5, 5.41) is 0. The van der Waals surface area contributed by atoms with Gasteiger partial charge in [0.05, 0.1) is 0 Å². The maximum atomic E-state index is 5.45. The van der Waals surface area contributed by atoms with Crippen molar-refractivity contribution in [2.24, 2.45) is 5.73 Å². The highest BCUT2D eigenvalue weighted by molar-refractivity contribution is 14.1. The Bertz CT molecular complexity index is 47.2. The van der Waals surface area contributed by atoms with Gasteiger partial charge in [-0.25, -0.2) is 5.43 Å². The van der Waals surface area contributed by atoms with Crippen molar-refractivity contribution in [2.45, 2.75) is 13.0 Å². The molecule has 50 valence electrons. The second kappa shape index (κ2) is 4.49. The number of nitrogens with zero attached hydrogens (tertiary/aromatic N) is 1. The monoisotopic (exact) mass is 229 g/mol. The molecule has 0 bridgehead atoms. The summed E-state index contributed by atoms with van der Waals surface area (Å²) in [6, 6.07) is 0.229. The summed E-state index contributed by atoms with van der Waals surface area (Å²) in [7, 11) is 1.93. The Morgan fingerprint density at radius 3 is 2.50 bits per heavy atom. The van der Waals surface area contributed by atoms with Crippen LogP contribution in [-0.4, -0.2) is 22.9 Å². The average Bonchev–Trinajstić information content (AvgIpc) is 1.61. The van der Waals surface area contributed by atoms with E-state index in [0.29, 0.717) is 0 Å². The van der Waals surface area contributed by atoms with Crippen molar-refractivity contribution in [3.63, 3.8) is 0 Å². The number of nitrogens with two attached hydrogens (primary N) is 1. The molecule has 0 aromatic rings. The van der Waals surface area contributed by atoms with Crippen LogP contribution in [0.15, 0.2) is 0 Å². The van der Waals surface area contributed by atoms with Gasteiger partial charge in [-0.2, -0.15) is 3.22 Å². The minimum atomic E-state index is 0.229. The fraction of sp³-hybridized carbons (Fsp3) is 1.00. The van der Waals surface area contributed by atoms with Crippen molar-refractivity contribution in [2.75, 3.05) is 13.6 Å². The first-order chi connectivity index (χ1) is 3.63. The smallest absolute Gasteiger partial charge is 0.0364 e. The first-order valence-electron chi connectivity index (χ1n) is 2.51. The molecule has 0 spiro atoms. The topological polar surface area (TPSA) is 41.3 Å². The zero-order chi connectivity index (χ0) is 6.57. The lowest BCUT2D eigenvalue weighted by molar-refractivity contribution is 0.427. The van der Waals surface area contributed by atoms with Gasteiger partial charge in [0.2, 0.25) is 0 Å². The molecule has 0 aromatic heterocycles. The number of hydrazine groups is 1. The van der Waals surface area contributed by atoms with Crippen LogP contribution in [0.2, 0.25) is 0 Å². The molecule has 8 heavy (non-hydrogen) atoms. The normalized spacial score (nSPS) is 14.6. The van der Waals surface area contributed by atoms with E-state index in [0.717, 1.165) is 6.54 Å². The first-order valence-corrected chi connectivity index (χ1v) is 3.48. The van der Waals surface area contributed by atoms with E-state index < -0.39 is 0 Å². The van der Waals surface area contributed by atoms with Crippen molar-refractivity contribution >= 4 is 22.9 Å². The van der Waals surface area contributed by atoms with Gasteiger partial charge < -0.3 is 5.73 Å². The summed E-state index contributed by atoms with van der Waals surface area (Å²) in [6.45, 7) is 2.80. The average molecular weight is 229 g/mol. The molecule has 0 radical (unpaired) electrons. The minimum Gasteiger partial charge on any atom is -0.327 e. The zero-order valence-corrected chi connectivity index (χ0v) is 7.34. The van der Waals surface area contributed by atoms with E-state index in [4.69, 9.17) is 5.73 Å². The molecule has 0 aliphatic rings. The molecule has 3 N–H and O–H groups in total. The quantitative estimate of drug-likeness (QED) is 0.410. The highest BCUT2D eigenvalue weighted by atomic mass is 127. The van der Waals surface area contributed by atoms with Gasteiger partial charge in [0.15, 0.2) is 0 Å². The second-order valence-electron chi connectivity index (χ2n) is 1.82. The predicted octanol–water partition coefficient (Wildman–Crippen LogP) is 0.120. The number of halogens is 1. The van der Waals surface area contributed by atoms with E-state index in [1.165, 1.54) is 0 Å². The Morgan fingerprint density at radius 2 is 2.38 bits per heavy atom. The van der Waals surface area contributed by atoms with E-state index in [1.807, 2.05) is 17.2 Å². The summed E-state index contributed by atoms with van der Waals surface area (Å²) in [5.74, 6) is 0. The van der Waals surface area contributed by atoms with Gasteiger partial charge in [-0.05, 0) is 6.92 Å². The standard InChI is InChI=1S/C4H12IN3/c1-4(6)3-7-8(2)5/h4,7H,3,6H2,1-2H3. The summed E-state index contributed by atoms with van der Waals surface area (Å²) in [5.41, 5.74) is 8.49. The Balaban J connectivity index is 2.93. The van der Waals surface area contributed by atoms with Crippen LogP contribution < -0.4 is 11.2 Å². The summed E-state index contributed by atoms with van der Waals surface area (Å²) < 4.78 is 1.86. The molecule has 0 aliphatic carbocycles. The Hall–Kier alpha value is 0.610. The summed E-state index contributed by atoms with van der Waals surface area (Å²) >= 11 is 2.14. The van der Waals surface area contributed by atoms with Crippen LogP contribution in [0.4, 0.5) is 0 Å². The van der Waals surface area contributed by atoms with Crippen molar-refractivity contribution in [3.05, 3.63) is 0 Å². The largest absolute Gasteiger partial charge is 0.327 e. The van der Waals surface area contributed by atoms with E-state index >= 15 is 0 Å². The molecule has 1 unspecified atom stereocenters. The first kappa shape index (κ1) is 8.61. The van der Waals surface area contributed by atoms with Gasteiger partial charge in [-0.3, -0.25) is 0 Å².